The fraction of sp³-hybridized carbons (Fsp3) is 0.556. The smallest absolute Gasteiger partial charge is 0.294 e. The van der Waals surface area contributed by atoms with E-state index in [9.17, 15) is 9.59 Å². The molecule has 2 amide bonds. The third kappa shape index (κ3) is 3.11. The van der Waals surface area contributed by atoms with Crippen LogP contribution in [0, 0.1) is 6.92 Å². The number of rotatable bonds is 4. The lowest BCUT2D eigenvalue weighted by Crippen LogP contribution is -2.54. The molecule has 0 saturated carbocycles. The lowest BCUT2D eigenvalue weighted by molar-refractivity contribution is 0.0597. The van der Waals surface area contributed by atoms with E-state index >= 15 is 0 Å². The lowest BCUT2D eigenvalue weighted by atomic mass is 9.95. The van der Waals surface area contributed by atoms with E-state index in [1.165, 1.54) is 11.0 Å². The molecule has 0 aliphatic carbocycles. The second-order valence-corrected chi connectivity index (χ2v) is 7.21. The summed E-state index contributed by atoms with van der Waals surface area (Å²) in [4.78, 5) is 31.2. The van der Waals surface area contributed by atoms with Crippen LogP contribution in [0.4, 0.5) is 0 Å². The van der Waals surface area contributed by atoms with Crippen molar-refractivity contribution >= 4 is 11.8 Å². The van der Waals surface area contributed by atoms with Crippen LogP contribution in [0.2, 0.25) is 0 Å². The number of carbonyl (C=O) groups excluding carboxylic acids is 2. The van der Waals surface area contributed by atoms with Gasteiger partial charge in [-0.1, -0.05) is 6.92 Å². The molecule has 0 aromatic carbocycles. The Morgan fingerprint density at radius 1 is 1.42 bits per heavy atom. The maximum Gasteiger partial charge on any atom is 0.294 e. The Morgan fingerprint density at radius 2 is 2.15 bits per heavy atom. The summed E-state index contributed by atoms with van der Waals surface area (Å²) < 4.78 is 7.08. The highest BCUT2D eigenvalue weighted by Gasteiger charge is 2.45. The minimum Gasteiger partial charge on any atom is -0.466 e. The van der Waals surface area contributed by atoms with Crippen LogP contribution in [-0.2, 0) is 13.5 Å². The SMILES string of the molecule is CCc1oc(C)cc1C(=O)NC1CCN(C(=O)c2ncn(C)n2)C1(C)C. The summed E-state index contributed by atoms with van der Waals surface area (Å²) >= 11 is 0. The predicted molar refractivity (Wildman–Crippen MR) is 94.8 cm³/mol. The van der Waals surface area contributed by atoms with Gasteiger partial charge in [-0.3, -0.25) is 14.3 Å². The van der Waals surface area contributed by atoms with Gasteiger partial charge in [-0.25, -0.2) is 4.98 Å². The Bertz CT molecular complexity index is 836. The van der Waals surface area contributed by atoms with Crippen LogP contribution < -0.4 is 5.32 Å². The second kappa shape index (κ2) is 6.59. The van der Waals surface area contributed by atoms with Gasteiger partial charge in [0, 0.05) is 20.0 Å². The molecule has 1 saturated heterocycles. The van der Waals surface area contributed by atoms with E-state index in [2.05, 4.69) is 15.4 Å². The fourth-order valence-electron chi connectivity index (χ4n) is 3.51. The summed E-state index contributed by atoms with van der Waals surface area (Å²) in [5.74, 6) is 1.19. The quantitative estimate of drug-likeness (QED) is 0.897. The molecular weight excluding hydrogens is 334 g/mol. The van der Waals surface area contributed by atoms with Gasteiger partial charge in [0.2, 0.25) is 5.82 Å². The van der Waals surface area contributed by atoms with Crippen LogP contribution in [0.3, 0.4) is 0 Å². The van der Waals surface area contributed by atoms with Gasteiger partial charge in [0.05, 0.1) is 17.1 Å². The molecule has 1 atom stereocenters. The van der Waals surface area contributed by atoms with Gasteiger partial charge >= 0.3 is 0 Å². The van der Waals surface area contributed by atoms with Crippen molar-refractivity contribution in [2.75, 3.05) is 6.54 Å². The molecule has 1 N–H and O–H groups in total. The molecule has 1 aliphatic rings. The predicted octanol–water partition coefficient (Wildman–Crippen LogP) is 1.70. The van der Waals surface area contributed by atoms with Gasteiger partial charge in [-0.05, 0) is 33.3 Å². The maximum atomic E-state index is 12.7. The molecule has 0 bridgehead atoms. The van der Waals surface area contributed by atoms with E-state index < -0.39 is 5.54 Å². The number of hydrogen-bond donors (Lipinski definition) is 1. The van der Waals surface area contributed by atoms with Crippen molar-refractivity contribution in [3.63, 3.8) is 0 Å². The molecular formula is C18H25N5O3. The van der Waals surface area contributed by atoms with Gasteiger partial charge < -0.3 is 14.6 Å². The minimum atomic E-state index is -0.545. The second-order valence-electron chi connectivity index (χ2n) is 7.21. The third-order valence-corrected chi connectivity index (χ3v) is 5.03. The van der Waals surface area contributed by atoms with Crippen molar-refractivity contribution < 1.29 is 14.0 Å². The highest BCUT2D eigenvalue weighted by atomic mass is 16.3. The molecule has 1 fully saturated rings. The number of nitrogens with one attached hydrogen (secondary N) is 1. The Balaban J connectivity index is 1.75. The zero-order valence-corrected chi connectivity index (χ0v) is 15.9. The van der Waals surface area contributed by atoms with Gasteiger partial charge in [0.1, 0.15) is 17.8 Å². The zero-order valence-electron chi connectivity index (χ0n) is 15.9. The van der Waals surface area contributed by atoms with Crippen molar-refractivity contribution in [2.45, 2.75) is 52.1 Å². The highest BCUT2D eigenvalue weighted by molar-refractivity contribution is 5.96. The Morgan fingerprint density at radius 3 is 2.77 bits per heavy atom. The molecule has 0 spiro atoms. The summed E-state index contributed by atoms with van der Waals surface area (Å²) in [6, 6.07) is 1.60. The van der Waals surface area contributed by atoms with Gasteiger partial charge in [0.25, 0.3) is 11.8 Å². The molecule has 8 nitrogen and oxygen atoms in total. The topological polar surface area (TPSA) is 93.3 Å². The minimum absolute atomic E-state index is 0.164. The summed E-state index contributed by atoms with van der Waals surface area (Å²) in [7, 11) is 1.72. The zero-order chi connectivity index (χ0) is 19.1. The molecule has 3 rings (SSSR count). The van der Waals surface area contributed by atoms with E-state index in [0.29, 0.717) is 30.7 Å². The first-order valence-electron chi connectivity index (χ1n) is 8.81. The first-order valence-corrected chi connectivity index (χ1v) is 8.81. The Hall–Kier alpha value is -2.64. The average molecular weight is 359 g/mol. The van der Waals surface area contributed by atoms with Gasteiger partial charge in [0.15, 0.2) is 0 Å². The number of hydrogen-bond acceptors (Lipinski definition) is 5. The van der Waals surface area contributed by atoms with Crippen molar-refractivity contribution in [3.05, 3.63) is 35.3 Å². The molecule has 8 heteroatoms. The van der Waals surface area contributed by atoms with E-state index in [1.54, 1.807) is 18.0 Å². The van der Waals surface area contributed by atoms with E-state index in [0.717, 1.165) is 5.76 Å². The number of aromatic nitrogens is 3. The molecule has 0 radical (unpaired) electrons. The Labute approximate surface area is 152 Å². The number of aryl methyl sites for hydroxylation is 3. The highest BCUT2D eigenvalue weighted by Crippen LogP contribution is 2.30. The third-order valence-electron chi connectivity index (χ3n) is 5.03. The van der Waals surface area contributed by atoms with E-state index in [4.69, 9.17) is 4.42 Å². The van der Waals surface area contributed by atoms with E-state index in [-0.39, 0.29) is 23.7 Å². The van der Waals surface area contributed by atoms with Gasteiger partial charge in [-0.15, -0.1) is 5.10 Å². The first kappa shape index (κ1) is 18.2. The van der Waals surface area contributed by atoms with Crippen molar-refractivity contribution in [1.82, 2.24) is 25.0 Å². The van der Waals surface area contributed by atoms with Crippen LogP contribution in [0.15, 0.2) is 16.8 Å². The summed E-state index contributed by atoms with van der Waals surface area (Å²) in [5, 5.41) is 7.17. The number of amides is 2. The van der Waals surface area contributed by atoms with Crippen molar-refractivity contribution in [2.24, 2.45) is 7.05 Å². The number of carbonyl (C=O) groups is 2. The van der Waals surface area contributed by atoms with Crippen LogP contribution in [-0.4, -0.2) is 49.6 Å². The summed E-state index contributed by atoms with van der Waals surface area (Å²) in [6.45, 7) is 8.23. The first-order chi connectivity index (χ1) is 12.2. The van der Waals surface area contributed by atoms with Crippen LogP contribution in [0.5, 0.6) is 0 Å². The lowest BCUT2D eigenvalue weighted by Gasteiger charge is -2.35. The summed E-state index contributed by atoms with van der Waals surface area (Å²) in [5.41, 5.74) is 0.0221. The van der Waals surface area contributed by atoms with Crippen LogP contribution in [0.1, 0.15) is 59.7 Å². The number of nitrogens with zero attached hydrogens (tertiary/aromatic N) is 4. The summed E-state index contributed by atoms with van der Waals surface area (Å²) in [6.07, 6.45) is 2.83. The van der Waals surface area contributed by atoms with Crippen LogP contribution in [0.25, 0.3) is 0 Å². The van der Waals surface area contributed by atoms with E-state index in [1.807, 2.05) is 27.7 Å². The molecule has 2 aromatic rings. The number of likely N-dealkylation sites (tertiary alicyclic amines) is 1. The number of furan rings is 1. The van der Waals surface area contributed by atoms with Crippen molar-refractivity contribution in [1.29, 1.82) is 0 Å². The van der Waals surface area contributed by atoms with Crippen molar-refractivity contribution in [3.8, 4) is 0 Å². The molecule has 1 unspecified atom stereocenters. The Kier molecular flexibility index (Phi) is 4.60. The monoisotopic (exact) mass is 359 g/mol. The molecule has 26 heavy (non-hydrogen) atoms. The van der Waals surface area contributed by atoms with Gasteiger partial charge in [-0.2, -0.15) is 0 Å². The normalized spacial score (nSPS) is 19.0. The molecule has 3 heterocycles. The standard InChI is InChI=1S/C18H25N5O3/c1-6-13-12(9-11(2)26-13)16(24)20-14-7-8-23(18(14,3)4)17(25)15-19-10-22(5)21-15/h9-10,14H,6-8H2,1-5H3,(H,20,24). The average Bonchev–Trinajstić information content (AvgIpc) is 3.25. The molecule has 140 valence electrons. The maximum absolute atomic E-state index is 12.7. The molecule has 2 aromatic heterocycles. The largest absolute Gasteiger partial charge is 0.466 e. The molecule has 1 aliphatic heterocycles. The fourth-order valence-corrected chi connectivity index (χ4v) is 3.51. The van der Waals surface area contributed by atoms with Crippen LogP contribution >= 0.6 is 0 Å².